The first-order chi connectivity index (χ1) is 12.9. The molecule has 1 unspecified atom stereocenters. The number of aliphatic hydroxyl groups is 1. The number of carbonyl (C=O) groups excluding carboxylic acids is 1. The number of carbonyl (C=O) groups is 1. The highest BCUT2D eigenvalue weighted by atomic mass is 32.1. The van der Waals surface area contributed by atoms with E-state index in [1.54, 1.807) is 0 Å². The molecule has 0 saturated carbocycles. The third-order valence-corrected chi connectivity index (χ3v) is 6.31. The molecular weight excluding hydrogens is 358 g/mol. The van der Waals surface area contributed by atoms with E-state index in [-0.39, 0.29) is 12.0 Å². The van der Waals surface area contributed by atoms with E-state index in [1.807, 2.05) is 56.1 Å². The summed E-state index contributed by atoms with van der Waals surface area (Å²) in [4.78, 5) is 22.5. The number of hydrogen-bond donors (Lipinski definition) is 1. The van der Waals surface area contributed by atoms with Gasteiger partial charge in [-0.15, -0.1) is 11.3 Å². The molecule has 2 heterocycles. The second kappa shape index (κ2) is 8.95. The van der Waals surface area contributed by atoms with E-state index in [1.165, 1.54) is 11.3 Å². The molecule has 1 aromatic carbocycles. The summed E-state index contributed by atoms with van der Waals surface area (Å²) in [6.07, 6.45) is 1.86. The lowest BCUT2D eigenvalue weighted by molar-refractivity contribution is 0.0706. The Balaban J connectivity index is 1.59. The number of thiazole rings is 1. The Morgan fingerprint density at radius 2 is 2.00 bits per heavy atom. The number of benzene rings is 1. The number of aryl methyl sites for hydroxylation is 1. The maximum absolute atomic E-state index is 12.9. The van der Waals surface area contributed by atoms with Crippen molar-refractivity contribution >= 4 is 17.2 Å². The van der Waals surface area contributed by atoms with Crippen LogP contribution in [0.3, 0.4) is 0 Å². The fourth-order valence-electron chi connectivity index (χ4n) is 3.67. The summed E-state index contributed by atoms with van der Waals surface area (Å²) in [5.74, 6) is 0.588. The Bertz CT molecular complexity index is 752. The number of likely N-dealkylation sites (tertiary alicyclic amines) is 1. The first-order valence-corrected chi connectivity index (χ1v) is 10.4. The average Bonchev–Trinajstić information content (AvgIpc) is 3.04. The molecule has 1 atom stereocenters. The predicted octanol–water partition coefficient (Wildman–Crippen LogP) is 3.28. The van der Waals surface area contributed by atoms with Crippen molar-refractivity contribution in [3.05, 3.63) is 40.9 Å². The maximum atomic E-state index is 12.9. The van der Waals surface area contributed by atoms with Crippen LogP contribution in [0.25, 0.3) is 10.6 Å². The van der Waals surface area contributed by atoms with E-state index in [9.17, 15) is 9.90 Å². The molecule has 0 radical (unpaired) electrons. The van der Waals surface area contributed by atoms with Gasteiger partial charge in [-0.25, -0.2) is 4.98 Å². The zero-order valence-electron chi connectivity index (χ0n) is 16.4. The third kappa shape index (κ3) is 5.15. The van der Waals surface area contributed by atoms with Crippen molar-refractivity contribution in [1.82, 2.24) is 14.8 Å². The van der Waals surface area contributed by atoms with Crippen LogP contribution in [0.4, 0.5) is 0 Å². The largest absolute Gasteiger partial charge is 0.392 e. The molecule has 5 nitrogen and oxygen atoms in total. The molecule has 1 aliphatic rings. The van der Waals surface area contributed by atoms with Crippen LogP contribution in [0, 0.1) is 12.8 Å². The van der Waals surface area contributed by atoms with Gasteiger partial charge in [0, 0.05) is 25.7 Å². The normalized spacial score (nSPS) is 17.0. The van der Waals surface area contributed by atoms with E-state index < -0.39 is 0 Å². The summed E-state index contributed by atoms with van der Waals surface area (Å²) >= 11 is 1.48. The van der Waals surface area contributed by atoms with Crippen LogP contribution in [-0.4, -0.2) is 65.1 Å². The lowest BCUT2D eigenvalue weighted by atomic mass is 9.96. The molecule has 0 spiro atoms. The molecule has 146 valence electrons. The molecule has 3 rings (SSSR count). The quantitative estimate of drug-likeness (QED) is 0.826. The first-order valence-electron chi connectivity index (χ1n) is 9.62. The number of aliphatic hydroxyl groups excluding tert-OH is 1. The Morgan fingerprint density at radius 1 is 1.33 bits per heavy atom. The highest BCUT2D eigenvalue weighted by Crippen LogP contribution is 2.29. The van der Waals surface area contributed by atoms with Gasteiger partial charge in [0.25, 0.3) is 5.91 Å². The van der Waals surface area contributed by atoms with Gasteiger partial charge in [-0.3, -0.25) is 4.79 Å². The maximum Gasteiger partial charge on any atom is 0.265 e. The van der Waals surface area contributed by atoms with Crippen molar-refractivity contribution in [2.24, 2.45) is 5.92 Å². The van der Waals surface area contributed by atoms with Crippen LogP contribution in [0.1, 0.15) is 35.1 Å². The zero-order valence-corrected chi connectivity index (χ0v) is 17.2. The van der Waals surface area contributed by atoms with Crippen LogP contribution in [0.2, 0.25) is 0 Å². The van der Waals surface area contributed by atoms with Gasteiger partial charge in [-0.1, -0.05) is 30.3 Å². The number of nitrogens with zero attached hydrogens (tertiary/aromatic N) is 3. The van der Waals surface area contributed by atoms with Gasteiger partial charge in [-0.05, 0) is 45.7 Å². The highest BCUT2D eigenvalue weighted by Gasteiger charge is 2.25. The monoisotopic (exact) mass is 387 g/mol. The second-order valence-corrected chi connectivity index (χ2v) is 8.58. The molecule has 0 aliphatic carbocycles. The molecule has 1 aliphatic heterocycles. The third-order valence-electron chi connectivity index (χ3n) is 5.12. The minimum Gasteiger partial charge on any atom is -0.392 e. The fraction of sp³-hybridized carbons (Fsp3) is 0.524. The number of β-amino-alcohol motifs (C(OH)–C–C–N with tert-alkyl or cyclic N) is 1. The summed E-state index contributed by atoms with van der Waals surface area (Å²) in [7, 11) is 1.89. The van der Waals surface area contributed by atoms with E-state index in [4.69, 9.17) is 0 Å². The van der Waals surface area contributed by atoms with E-state index >= 15 is 0 Å². The lowest BCUT2D eigenvalue weighted by Gasteiger charge is -2.34. The SMILES string of the molecule is Cc1nc(-c2ccccc2)sc1C(=O)N(C)CC1CCN(CC(C)O)CC1. The van der Waals surface area contributed by atoms with Crippen LogP contribution in [0.5, 0.6) is 0 Å². The van der Waals surface area contributed by atoms with Crippen LogP contribution >= 0.6 is 11.3 Å². The minimum absolute atomic E-state index is 0.0681. The van der Waals surface area contributed by atoms with E-state index in [0.717, 1.165) is 60.2 Å². The Morgan fingerprint density at radius 3 is 2.63 bits per heavy atom. The van der Waals surface area contributed by atoms with Crippen molar-refractivity contribution in [1.29, 1.82) is 0 Å². The van der Waals surface area contributed by atoms with Gasteiger partial charge >= 0.3 is 0 Å². The fourth-order valence-corrected chi connectivity index (χ4v) is 4.73. The molecule has 1 fully saturated rings. The van der Waals surface area contributed by atoms with E-state index in [2.05, 4.69) is 9.88 Å². The standard InChI is InChI=1S/C21H29N3O2S/c1-15(25)13-24-11-9-17(10-12-24)14-23(3)21(26)19-16(2)22-20(27-19)18-7-5-4-6-8-18/h4-8,15,17,25H,9-14H2,1-3H3. The Kier molecular flexibility index (Phi) is 6.63. The molecule has 1 saturated heterocycles. The Labute approximate surface area is 165 Å². The Hall–Kier alpha value is -1.76. The second-order valence-electron chi connectivity index (χ2n) is 7.58. The van der Waals surface area contributed by atoms with Crippen LogP contribution < -0.4 is 0 Å². The van der Waals surface area contributed by atoms with Crippen molar-refractivity contribution in [2.75, 3.05) is 33.2 Å². The molecule has 0 bridgehead atoms. The molecular formula is C21H29N3O2S. The van der Waals surface area contributed by atoms with Gasteiger partial charge in [0.1, 0.15) is 9.88 Å². The van der Waals surface area contributed by atoms with Crippen molar-refractivity contribution in [2.45, 2.75) is 32.8 Å². The zero-order chi connectivity index (χ0) is 19.4. The molecule has 1 amide bonds. The number of amides is 1. The summed E-state index contributed by atoms with van der Waals surface area (Å²) in [6.45, 7) is 7.26. The number of aromatic nitrogens is 1. The number of hydrogen-bond acceptors (Lipinski definition) is 5. The van der Waals surface area contributed by atoms with Crippen LogP contribution in [0.15, 0.2) is 30.3 Å². The van der Waals surface area contributed by atoms with Gasteiger partial charge < -0.3 is 14.9 Å². The molecule has 6 heteroatoms. The highest BCUT2D eigenvalue weighted by molar-refractivity contribution is 7.17. The van der Waals surface area contributed by atoms with Crippen molar-refractivity contribution in [3.8, 4) is 10.6 Å². The number of piperidine rings is 1. The average molecular weight is 388 g/mol. The van der Waals surface area contributed by atoms with Crippen molar-refractivity contribution in [3.63, 3.8) is 0 Å². The van der Waals surface area contributed by atoms with E-state index in [0.29, 0.717) is 5.92 Å². The predicted molar refractivity (Wildman–Crippen MR) is 110 cm³/mol. The van der Waals surface area contributed by atoms with Crippen molar-refractivity contribution < 1.29 is 9.90 Å². The molecule has 1 N–H and O–H groups in total. The first kappa shape index (κ1) is 20.0. The summed E-state index contributed by atoms with van der Waals surface area (Å²) < 4.78 is 0. The summed E-state index contributed by atoms with van der Waals surface area (Å²) in [6, 6.07) is 10.0. The lowest BCUT2D eigenvalue weighted by Crippen LogP contribution is -2.41. The van der Waals surface area contributed by atoms with Gasteiger partial charge in [0.05, 0.1) is 11.8 Å². The number of rotatable bonds is 6. The molecule has 27 heavy (non-hydrogen) atoms. The molecule has 1 aromatic heterocycles. The topological polar surface area (TPSA) is 56.7 Å². The minimum atomic E-state index is -0.279. The van der Waals surface area contributed by atoms with Crippen LogP contribution in [-0.2, 0) is 0 Å². The smallest absolute Gasteiger partial charge is 0.265 e. The molecule has 2 aromatic rings. The van der Waals surface area contributed by atoms with Gasteiger partial charge in [-0.2, -0.15) is 0 Å². The van der Waals surface area contributed by atoms with Gasteiger partial charge in [0.15, 0.2) is 0 Å². The van der Waals surface area contributed by atoms with Gasteiger partial charge in [0.2, 0.25) is 0 Å². The summed E-state index contributed by atoms with van der Waals surface area (Å²) in [5.41, 5.74) is 1.86. The summed E-state index contributed by atoms with van der Waals surface area (Å²) in [5, 5.41) is 10.4.